The predicted molar refractivity (Wildman–Crippen MR) is 176 cm³/mol. The van der Waals surface area contributed by atoms with Crippen molar-refractivity contribution in [3.63, 3.8) is 0 Å². The molecule has 2 aromatic carbocycles. The Labute approximate surface area is 268 Å². The lowest BCUT2D eigenvalue weighted by Crippen LogP contribution is -2.45. The van der Waals surface area contributed by atoms with E-state index >= 15 is 0 Å². The molecule has 11 nitrogen and oxygen atoms in total. The molecule has 0 saturated carbocycles. The Kier molecular flexibility index (Phi) is 8.67. The van der Waals surface area contributed by atoms with Crippen molar-refractivity contribution in [3.05, 3.63) is 89.0 Å². The summed E-state index contributed by atoms with van der Waals surface area (Å²) in [5.41, 5.74) is 7.46. The number of piperidine rings is 1. The normalized spacial score (nSPS) is 19.3. The third-order valence-corrected chi connectivity index (χ3v) is 9.08. The van der Waals surface area contributed by atoms with Gasteiger partial charge in [-0.3, -0.25) is 18.8 Å². The number of benzene rings is 2. The van der Waals surface area contributed by atoms with Gasteiger partial charge in [-0.25, -0.2) is 9.78 Å². The topological polar surface area (TPSA) is 132 Å². The zero-order valence-electron chi connectivity index (χ0n) is 26.4. The Bertz CT molecular complexity index is 1850. The molecule has 2 aromatic heterocycles. The lowest BCUT2D eigenvalue weighted by atomic mass is 9.98. The average Bonchev–Trinajstić information content (AvgIpc) is 3.68. The SMILES string of the molecule is COC1CCN(C(C)(C)C=C(C#N)C(=O)N2CCCC(n3c(=O)n(-c4ccc(Oc5ccccc5)cc4)c4c(N)nccc43)C2)C1. The molecule has 46 heavy (non-hydrogen) atoms. The van der Waals surface area contributed by atoms with Crippen molar-refractivity contribution in [2.24, 2.45) is 0 Å². The van der Waals surface area contributed by atoms with Gasteiger partial charge in [0.05, 0.1) is 23.3 Å². The molecule has 1 amide bonds. The Balaban J connectivity index is 1.28. The van der Waals surface area contributed by atoms with Gasteiger partial charge in [0.25, 0.3) is 5.91 Å². The molecule has 0 aliphatic carbocycles. The summed E-state index contributed by atoms with van der Waals surface area (Å²) in [5, 5.41) is 10.1. The Hall–Kier alpha value is -4.92. The van der Waals surface area contributed by atoms with Crippen LogP contribution in [0.3, 0.4) is 0 Å². The second kappa shape index (κ2) is 12.8. The highest BCUT2D eigenvalue weighted by Gasteiger charge is 2.35. The molecule has 2 saturated heterocycles. The second-order valence-electron chi connectivity index (χ2n) is 12.4. The molecule has 2 aliphatic rings. The molecule has 6 rings (SSSR count). The van der Waals surface area contributed by atoms with E-state index in [-0.39, 0.29) is 35.1 Å². The van der Waals surface area contributed by atoms with Crippen LogP contribution in [0.25, 0.3) is 16.7 Å². The lowest BCUT2D eigenvalue weighted by molar-refractivity contribution is -0.128. The number of anilines is 1. The van der Waals surface area contributed by atoms with Gasteiger partial charge in [-0.1, -0.05) is 18.2 Å². The zero-order valence-corrected chi connectivity index (χ0v) is 26.4. The summed E-state index contributed by atoms with van der Waals surface area (Å²) in [7, 11) is 1.71. The first-order chi connectivity index (χ1) is 22.2. The number of nitriles is 1. The van der Waals surface area contributed by atoms with Crippen LogP contribution >= 0.6 is 0 Å². The molecule has 2 fully saturated rings. The number of imidazole rings is 1. The maximum Gasteiger partial charge on any atom is 0.334 e. The van der Waals surface area contributed by atoms with E-state index in [4.69, 9.17) is 15.2 Å². The third-order valence-electron chi connectivity index (χ3n) is 9.08. The number of nitrogen functional groups attached to an aromatic ring is 1. The fourth-order valence-electron chi connectivity index (χ4n) is 6.62. The van der Waals surface area contributed by atoms with Crippen molar-refractivity contribution in [2.45, 2.75) is 50.8 Å². The number of carbonyl (C=O) groups excluding carboxylic acids is 1. The lowest BCUT2D eigenvalue weighted by Gasteiger charge is -2.35. The molecule has 0 radical (unpaired) electrons. The fraction of sp³-hybridized carbons (Fsp3) is 0.371. The van der Waals surface area contributed by atoms with Crippen LogP contribution < -0.4 is 16.2 Å². The highest BCUT2D eigenvalue weighted by Crippen LogP contribution is 2.31. The van der Waals surface area contributed by atoms with E-state index < -0.39 is 5.54 Å². The van der Waals surface area contributed by atoms with Crippen molar-refractivity contribution < 1.29 is 14.3 Å². The molecule has 11 heteroatoms. The number of hydrogen-bond donors (Lipinski definition) is 1. The number of fused-ring (bicyclic) bond motifs is 1. The molecule has 2 N–H and O–H groups in total. The highest BCUT2D eigenvalue weighted by molar-refractivity contribution is 5.97. The van der Waals surface area contributed by atoms with Gasteiger partial charge in [0.2, 0.25) is 0 Å². The van der Waals surface area contributed by atoms with Crippen LogP contribution in [0, 0.1) is 11.3 Å². The fourth-order valence-corrected chi connectivity index (χ4v) is 6.62. The Morgan fingerprint density at radius 1 is 1.04 bits per heavy atom. The number of nitrogens with zero attached hydrogens (tertiary/aromatic N) is 6. The van der Waals surface area contributed by atoms with Crippen LogP contribution in [0.5, 0.6) is 11.5 Å². The number of aromatic nitrogens is 3. The number of carbonyl (C=O) groups is 1. The van der Waals surface area contributed by atoms with E-state index in [0.29, 0.717) is 54.2 Å². The first kappa shape index (κ1) is 31.1. The van der Waals surface area contributed by atoms with Gasteiger partial charge in [-0.05, 0) is 81.7 Å². The van der Waals surface area contributed by atoms with Gasteiger partial charge in [0, 0.05) is 45.0 Å². The van der Waals surface area contributed by atoms with Crippen LogP contribution in [-0.4, -0.2) is 74.8 Å². The number of ether oxygens (including phenoxy) is 2. The van der Waals surface area contributed by atoms with Crippen LogP contribution in [0.1, 0.15) is 39.2 Å². The molecule has 4 aromatic rings. The van der Waals surface area contributed by atoms with Crippen LogP contribution in [0.2, 0.25) is 0 Å². The Morgan fingerprint density at radius 2 is 1.78 bits per heavy atom. The Morgan fingerprint density at radius 3 is 2.48 bits per heavy atom. The summed E-state index contributed by atoms with van der Waals surface area (Å²) in [5.74, 6) is 1.25. The summed E-state index contributed by atoms with van der Waals surface area (Å²) in [6.45, 7) is 6.40. The van der Waals surface area contributed by atoms with Crippen molar-refractivity contribution in [2.75, 3.05) is 39.0 Å². The number of likely N-dealkylation sites (tertiary alicyclic amines) is 2. The molecule has 0 bridgehead atoms. The van der Waals surface area contributed by atoms with Gasteiger partial charge >= 0.3 is 5.69 Å². The average molecular weight is 622 g/mol. The minimum Gasteiger partial charge on any atom is -0.457 e. The summed E-state index contributed by atoms with van der Waals surface area (Å²) >= 11 is 0. The third kappa shape index (κ3) is 6.01. The first-order valence-corrected chi connectivity index (χ1v) is 15.6. The van der Waals surface area contributed by atoms with E-state index in [2.05, 4.69) is 16.0 Å². The van der Waals surface area contributed by atoms with Crippen LogP contribution in [-0.2, 0) is 9.53 Å². The number of rotatable bonds is 8. The number of methoxy groups -OCH3 is 1. The number of amides is 1. The van der Waals surface area contributed by atoms with Crippen molar-refractivity contribution in [1.29, 1.82) is 5.26 Å². The van der Waals surface area contributed by atoms with Gasteiger partial charge in [0.1, 0.15) is 34.5 Å². The summed E-state index contributed by atoms with van der Waals surface area (Å²) < 4.78 is 14.7. The second-order valence-corrected chi connectivity index (χ2v) is 12.4. The zero-order chi connectivity index (χ0) is 32.4. The van der Waals surface area contributed by atoms with E-state index in [9.17, 15) is 14.9 Å². The van der Waals surface area contributed by atoms with E-state index in [0.717, 1.165) is 19.5 Å². The smallest absolute Gasteiger partial charge is 0.334 e. The number of para-hydroxylation sites is 1. The maximum atomic E-state index is 14.2. The molecule has 0 spiro atoms. The van der Waals surface area contributed by atoms with Gasteiger partial charge in [-0.2, -0.15) is 5.26 Å². The molecule has 4 heterocycles. The number of hydrogen-bond acceptors (Lipinski definition) is 8. The summed E-state index contributed by atoms with van der Waals surface area (Å²) in [6, 6.07) is 20.3. The number of nitrogens with two attached hydrogens (primary N) is 1. The van der Waals surface area contributed by atoms with Gasteiger partial charge < -0.3 is 20.1 Å². The summed E-state index contributed by atoms with van der Waals surface area (Å²) in [4.78, 5) is 36.2. The molecule has 2 unspecified atom stereocenters. The quantitative estimate of drug-likeness (QED) is 0.222. The molecule has 238 valence electrons. The molecular weight excluding hydrogens is 582 g/mol. The van der Waals surface area contributed by atoms with Gasteiger partial charge in [0.15, 0.2) is 0 Å². The van der Waals surface area contributed by atoms with Crippen molar-refractivity contribution >= 4 is 22.8 Å². The van der Waals surface area contributed by atoms with Crippen molar-refractivity contribution in [1.82, 2.24) is 23.9 Å². The van der Waals surface area contributed by atoms with E-state index in [1.807, 2.05) is 56.3 Å². The predicted octanol–water partition coefficient (Wildman–Crippen LogP) is 4.67. The largest absolute Gasteiger partial charge is 0.457 e. The minimum atomic E-state index is -0.500. The number of pyridine rings is 1. The molecular formula is C35H39N7O4. The minimum absolute atomic E-state index is 0.104. The monoisotopic (exact) mass is 621 g/mol. The standard InChI is InChI=1S/C35H39N7O4/c1-35(2,40-19-16-29(23-40)45-3)20-24(21-36)33(43)39-18-7-8-26(22-39)41-30-15-17-38-32(37)31(30)42(34(41)44)25-11-13-28(14-12-25)46-27-9-5-4-6-10-27/h4-6,9-15,17,20,26,29H,7-8,16,18-19,22-23H2,1-3H3,(H2,37,38). The van der Waals surface area contributed by atoms with Crippen molar-refractivity contribution in [3.8, 4) is 23.3 Å². The molecule has 2 atom stereocenters. The highest BCUT2D eigenvalue weighted by atomic mass is 16.5. The first-order valence-electron chi connectivity index (χ1n) is 15.6. The van der Waals surface area contributed by atoms with Crippen LogP contribution in [0.15, 0.2) is 83.3 Å². The van der Waals surface area contributed by atoms with E-state index in [1.165, 1.54) is 0 Å². The van der Waals surface area contributed by atoms with Gasteiger partial charge in [-0.15, -0.1) is 0 Å². The molecule has 2 aliphatic heterocycles. The van der Waals surface area contributed by atoms with E-state index in [1.54, 1.807) is 51.6 Å². The maximum absolute atomic E-state index is 14.2. The summed E-state index contributed by atoms with van der Waals surface area (Å²) in [6.07, 6.45) is 5.79. The van der Waals surface area contributed by atoms with Crippen LogP contribution in [0.4, 0.5) is 5.82 Å².